The monoisotopic (exact) mass is 288 g/mol. The van der Waals surface area contributed by atoms with Crippen molar-refractivity contribution in [2.75, 3.05) is 26.2 Å². The Kier molecular flexibility index (Phi) is 5.15. The summed E-state index contributed by atoms with van der Waals surface area (Å²) in [5, 5.41) is 3.76. The minimum atomic E-state index is 0.688. The molecule has 3 nitrogen and oxygen atoms in total. The zero-order chi connectivity index (χ0) is 14.5. The fourth-order valence-electron chi connectivity index (χ4n) is 3.48. The first-order valence-corrected chi connectivity index (χ1v) is 8.52. The van der Waals surface area contributed by atoms with Gasteiger partial charge in [-0.1, -0.05) is 25.5 Å². The number of unbranched alkanes of at least 4 members (excludes halogenated alkanes) is 1. The van der Waals surface area contributed by atoms with Gasteiger partial charge >= 0.3 is 0 Å². The molecule has 3 heterocycles. The number of hydrogen-bond acceptors (Lipinski definition) is 3. The van der Waals surface area contributed by atoms with Gasteiger partial charge in [0, 0.05) is 19.1 Å². The van der Waals surface area contributed by atoms with Gasteiger partial charge in [0.1, 0.15) is 5.75 Å². The lowest BCUT2D eigenvalue weighted by molar-refractivity contribution is 0.0720. The van der Waals surface area contributed by atoms with E-state index in [-0.39, 0.29) is 0 Å². The molecule has 3 heteroatoms. The van der Waals surface area contributed by atoms with E-state index in [0.717, 1.165) is 31.2 Å². The highest BCUT2D eigenvalue weighted by Gasteiger charge is 2.33. The number of hydrogen-bond donors (Lipinski definition) is 1. The Balaban J connectivity index is 1.45. The van der Waals surface area contributed by atoms with Gasteiger partial charge in [0.05, 0.1) is 6.61 Å². The van der Waals surface area contributed by atoms with Crippen molar-refractivity contribution in [3.05, 3.63) is 29.8 Å². The fourth-order valence-corrected chi connectivity index (χ4v) is 3.48. The number of nitrogens with zero attached hydrogens (tertiary/aromatic N) is 1. The second-order valence-electron chi connectivity index (χ2n) is 6.47. The van der Waals surface area contributed by atoms with E-state index < -0.39 is 0 Å². The molecule has 2 bridgehead atoms. The average molecular weight is 288 g/mol. The molecule has 21 heavy (non-hydrogen) atoms. The summed E-state index contributed by atoms with van der Waals surface area (Å²) in [4.78, 5) is 2.60. The molecule has 0 amide bonds. The van der Waals surface area contributed by atoms with Crippen molar-refractivity contribution >= 4 is 0 Å². The minimum absolute atomic E-state index is 0.688. The van der Waals surface area contributed by atoms with Gasteiger partial charge in [-0.25, -0.2) is 0 Å². The van der Waals surface area contributed by atoms with Crippen LogP contribution in [-0.4, -0.2) is 37.2 Å². The van der Waals surface area contributed by atoms with Crippen LogP contribution in [0.5, 0.6) is 5.75 Å². The van der Waals surface area contributed by atoms with Crippen molar-refractivity contribution in [3.8, 4) is 5.75 Å². The van der Waals surface area contributed by atoms with E-state index in [0.29, 0.717) is 6.04 Å². The molecule has 1 atom stereocenters. The van der Waals surface area contributed by atoms with Crippen molar-refractivity contribution in [1.82, 2.24) is 10.2 Å². The van der Waals surface area contributed by atoms with Gasteiger partial charge in [-0.2, -0.15) is 0 Å². The summed E-state index contributed by atoms with van der Waals surface area (Å²) in [6.07, 6.45) is 5.06. The Labute approximate surface area is 128 Å². The van der Waals surface area contributed by atoms with Crippen LogP contribution in [0.4, 0.5) is 0 Å². The van der Waals surface area contributed by atoms with Crippen molar-refractivity contribution in [1.29, 1.82) is 0 Å². The predicted octanol–water partition coefficient (Wildman–Crippen LogP) is 3.05. The van der Waals surface area contributed by atoms with Crippen LogP contribution in [0.2, 0.25) is 0 Å². The van der Waals surface area contributed by atoms with Crippen LogP contribution in [0.25, 0.3) is 0 Å². The van der Waals surface area contributed by atoms with Gasteiger partial charge in [-0.05, 0) is 56.0 Å². The number of benzene rings is 1. The first-order chi connectivity index (χ1) is 10.3. The molecule has 1 aromatic carbocycles. The van der Waals surface area contributed by atoms with Crippen molar-refractivity contribution in [2.24, 2.45) is 5.92 Å². The van der Waals surface area contributed by atoms with Gasteiger partial charge in [0.15, 0.2) is 0 Å². The molecule has 116 valence electrons. The van der Waals surface area contributed by atoms with Crippen LogP contribution in [0.15, 0.2) is 24.3 Å². The largest absolute Gasteiger partial charge is 0.494 e. The minimum Gasteiger partial charge on any atom is -0.494 e. The molecule has 1 aromatic rings. The Morgan fingerprint density at radius 2 is 1.95 bits per heavy atom. The van der Waals surface area contributed by atoms with E-state index >= 15 is 0 Å². The third-order valence-corrected chi connectivity index (χ3v) is 4.91. The standard InChI is InChI=1S/C18H28N2O/c1-2-3-12-21-17-6-4-15(5-7-17)13-19-18-14-20-10-8-16(18)9-11-20/h4-7,16,18-19H,2-3,8-14H2,1H3. The maximum Gasteiger partial charge on any atom is 0.119 e. The second kappa shape index (κ2) is 7.28. The Morgan fingerprint density at radius 3 is 2.57 bits per heavy atom. The van der Waals surface area contributed by atoms with Gasteiger partial charge in [0.2, 0.25) is 0 Å². The van der Waals surface area contributed by atoms with Gasteiger partial charge in [-0.15, -0.1) is 0 Å². The van der Waals surface area contributed by atoms with E-state index in [9.17, 15) is 0 Å². The van der Waals surface area contributed by atoms with Gasteiger partial charge in [0.25, 0.3) is 0 Å². The van der Waals surface area contributed by atoms with Crippen LogP contribution < -0.4 is 10.1 Å². The summed E-state index contributed by atoms with van der Waals surface area (Å²) >= 11 is 0. The van der Waals surface area contributed by atoms with Crippen LogP contribution in [-0.2, 0) is 6.54 Å². The van der Waals surface area contributed by atoms with E-state index in [2.05, 4.69) is 41.4 Å². The molecule has 3 saturated heterocycles. The number of nitrogens with one attached hydrogen (secondary N) is 1. The van der Waals surface area contributed by atoms with Crippen LogP contribution >= 0.6 is 0 Å². The molecule has 0 aromatic heterocycles. The highest BCUT2D eigenvalue weighted by atomic mass is 16.5. The molecular weight excluding hydrogens is 260 g/mol. The van der Waals surface area contributed by atoms with Crippen molar-refractivity contribution < 1.29 is 4.74 Å². The summed E-state index contributed by atoms with van der Waals surface area (Å²) in [5.74, 6) is 1.89. The molecule has 1 unspecified atom stereocenters. The molecular formula is C18H28N2O. The Bertz CT molecular complexity index is 423. The van der Waals surface area contributed by atoms with Crippen molar-refractivity contribution in [3.63, 3.8) is 0 Å². The molecule has 3 fully saturated rings. The number of rotatable bonds is 7. The SMILES string of the molecule is CCCCOc1ccc(CNC2CN3CCC2CC3)cc1. The Morgan fingerprint density at radius 1 is 1.19 bits per heavy atom. The molecule has 3 aliphatic rings. The molecule has 1 N–H and O–H groups in total. The summed E-state index contributed by atoms with van der Waals surface area (Å²) in [6, 6.07) is 9.27. The van der Waals surface area contributed by atoms with Crippen molar-refractivity contribution in [2.45, 2.75) is 45.2 Å². The molecule has 0 aliphatic carbocycles. The summed E-state index contributed by atoms with van der Waals surface area (Å²) in [7, 11) is 0. The summed E-state index contributed by atoms with van der Waals surface area (Å²) < 4.78 is 5.71. The highest BCUT2D eigenvalue weighted by molar-refractivity contribution is 5.27. The molecule has 3 aliphatic heterocycles. The molecule has 0 spiro atoms. The number of ether oxygens (including phenoxy) is 1. The average Bonchev–Trinajstić information content (AvgIpc) is 2.55. The van der Waals surface area contributed by atoms with Gasteiger partial charge in [-0.3, -0.25) is 0 Å². The number of fused-ring (bicyclic) bond motifs is 3. The first kappa shape index (κ1) is 14.9. The molecule has 4 rings (SSSR count). The van der Waals surface area contributed by atoms with Crippen LogP contribution in [0.3, 0.4) is 0 Å². The zero-order valence-electron chi connectivity index (χ0n) is 13.2. The lowest BCUT2D eigenvalue weighted by atomic mass is 9.84. The normalized spacial score (nSPS) is 27.8. The van der Waals surface area contributed by atoms with Crippen LogP contribution in [0, 0.1) is 5.92 Å². The maximum absolute atomic E-state index is 5.71. The lowest BCUT2D eigenvalue weighted by Crippen LogP contribution is -2.55. The third-order valence-electron chi connectivity index (χ3n) is 4.91. The van der Waals surface area contributed by atoms with E-state index in [1.54, 1.807) is 0 Å². The number of piperidine rings is 3. The topological polar surface area (TPSA) is 24.5 Å². The summed E-state index contributed by atoms with van der Waals surface area (Å²) in [5.41, 5.74) is 1.36. The highest BCUT2D eigenvalue weighted by Crippen LogP contribution is 2.27. The molecule has 0 radical (unpaired) electrons. The van der Waals surface area contributed by atoms with E-state index in [1.165, 1.54) is 44.5 Å². The predicted molar refractivity (Wildman–Crippen MR) is 86.6 cm³/mol. The zero-order valence-corrected chi connectivity index (χ0v) is 13.2. The maximum atomic E-state index is 5.71. The van der Waals surface area contributed by atoms with Crippen LogP contribution in [0.1, 0.15) is 38.2 Å². The smallest absolute Gasteiger partial charge is 0.119 e. The van der Waals surface area contributed by atoms with E-state index in [4.69, 9.17) is 4.74 Å². The second-order valence-corrected chi connectivity index (χ2v) is 6.47. The lowest BCUT2D eigenvalue weighted by Gasteiger charge is -2.45. The quantitative estimate of drug-likeness (QED) is 0.781. The third kappa shape index (κ3) is 3.98. The fraction of sp³-hybridized carbons (Fsp3) is 0.667. The molecule has 0 saturated carbocycles. The summed E-state index contributed by atoms with van der Waals surface area (Å²) in [6.45, 7) is 7.85. The van der Waals surface area contributed by atoms with Gasteiger partial charge < -0.3 is 15.0 Å². The first-order valence-electron chi connectivity index (χ1n) is 8.52. The Hall–Kier alpha value is -1.06. The van der Waals surface area contributed by atoms with E-state index in [1.807, 2.05) is 0 Å².